The van der Waals surface area contributed by atoms with Gasteiger partial charge >= 0.3 is 5.97 Å². The lowest BCUT2D eigenvalue weighted by atomic mass is 10.2. The number of nitro benzene ring substituents is 1. The summed E-state index contributed by atoms with van der Waals surface area (Å²) in [6, 6.07) is 11.0. The molecule has 1 unspecified atom stereocenters. The summed E-state index contributed by atoms with van der Waals surface area (Å²) in [5, 5.41) is 12.1. The van der Waals surface area contributed by atoms with Crippen molar-refractivity contribution < 1.29 is 19.2 Å². The van der Waals surface area contributed by atoms with Gasteiger partial charge in [-0.05, 0) is 56.2 Å². The van der Waals surface area contributed by atoms with Crippen molar-refractivity contribution >= 4 is 40.9 Å². The van der Waals surface area contributed by atoms with Crippen molar-refractivity contribution in [1.29, 1.82) is 0 Å². The number of nitro groups is 1. The number of rotatable bonds is 6. The first-order valence-electron chi connectivity index (χ1n) is 9.07. The van der Waals surface area contributed by atoms with Gasteiger partial charge in [0.2, 0.25) is 0 Å². The van der Waals surface area contributed by atoms with Crippen LogP contribution in [0.3, 0.4) is 0 Å². The highest BCUT2D eigenvalue weighted by molar-refractivity contribution is 7.99. The molecule has 0 bridgehead atoms. The Balaban J connectivity index is 1.74. The predicted molar refractivity (Wildman–Crippen MR) is 109 cm³/mol. The summed E-state index contributed by atoms with van der Waals surface area (Å²) < 4.78 is 5.24. The zero-order valence-corrected chi connectivity index (χ0v) is 17.2. The van der Waals surface area contributed by atoms with Crippen LogP contribution >= 0.6 is 23.4 Å². The van der Waals surface area contributed by atoms with Crippen LogP contribution < -0.4 is 0 Å². The number of benzene rings is 2. The maximum Gasteiger partial charge on any atom is 0.339 e. The van der Waals surface area contributed by atoms with Crippen molar-refractivity contribution in [1.82, 2.24) is 4.90 Å². The number of esters is 1. The third kappa shape index (κ3) is 5.27. The molecule has 1 saturated heterocycles. The van der Waals surface area contributed by atoms with E-state index in [1.54, 1.807) is 29.2 Å². The highest BCUT2D eigenvalue weighted by Crippen LogP contribution is 2.36. The lowest BCUT2D eigenvalue weighted by Gasteiger charge is -2.20. The molecule has 1 atom stereocenters. The first-order valence-corrected chi connectivity index (χ1v) is 10.3. The van der Waals surface area contributed by atoms with E-state index in [0.717, 1.165) is 17.7 Å². The molecule has 0 radical (unpaired) electrons. The summed E-state index contributed by atoms with van der Waals surface area (Å²) in [4.78, 5) is 38.5. The van der Waals surface area contributed by atoms with E-state index in [-0.39, 0.29) is 17.2 Å². The number of hydrogen-bond donors (Lipinski definition) is 0. The normalized spacial score (nSPS) is 14.5. The van der Waals surface area contributed by atoms with Crippen molar-refractivity contribution in [3.8, 4) is 0 Å². The van der Waals surface area contributed by atoms with Gasteiger partial charge in [0, 0.05) is 29.1 Å². The summed E-state index contributed by atoms with van der Waals surface area (Å²) in [5.74, 6) is -1.02. The molecule has 1 aliphatic rings. The maximum absolute atomic E-state index is 12.4. The molecule has 2 aromatic carbocycles. The predicted octanol–water partition coefficient (Wildman–Crippen LogP) is 4.57. The Bertz CT molecular complexity index is 929. The second kappa shape index (κ2) is 9.28. The standard InChI is InChI=1S/C20H19ClN2O5S/c1-13(19(24)22-10-2-3-11-22)28-20(25)14-4-9-18(17(12-14)23(26)27)29-16-7-5-15(21)6-8-16/h4-9,12-13H,2-3,10-11H2,1H3. The smallest absolute Gasteiger partial charge is 0.339 e. The van der Waals surface area contributed by atoms with E-state index in [2.05, 4.69) is 0 Å². The molecule has 0 N–H and O–H groups in total. The minimum absolute atomic E-state index is 0.0261. The molecule has 0 aromatic heterocycles. The fourth-order valence-electron chi connectivity index (χ4n) is 2.98. The molecule has 0 aliphatic carbocycles. The molecule has 152 valence electrons. The quantitative estimate of drug-likeness (QED) is 0.376. The average Bonchev–Trinajstić information content (AvgIpc) is 3.24. The number of carbonyl (C=O) groups excluding carboxylic acids is 2. The maximum atomic E-state index is 12.4. The molecule has 1 fully saturated rings. The first-order chi connectivity index (χ1) is 13.8. The topological polar surface area (TPSA) is 89.7 Å². The van der Waals surface area contributed by atoms with E-state index in [0.29, 0.717) is 23.0 Å². The molecule has 2 aromatic rings. The molecule has 1 heterocycles. The molecule has 29 heavy (non-hydrogen) atoms. The summed E-state index contributed by atoms with van der Waals surface area (Å²) in [6.07, 6.45) is 0.930. The molecule has 0 saturated carbocycles. The van der Waals surface area contributed by atoms with Crippen LogP contribution in [0.2, 0.25) is 5.02 Å². The Labute approximate surface area is 177 Å². The Kier molecular flexibility index (Phi) is 6.76. The molecule has 1 amide bonds. The molecule has 9 heteroatoms. The summed E-state index contributed by atoms with van der Waals surface area (Å²) in [7, 11) is 0. The fraction of sp³-hybridized carbons (Fsp3) is 0.300. The monoisotopic (exact) mass is 434 g/mol. The number of nitrogens with zero attached hydrogens (tertiary/aromatic N) is 2. The molecule has 7 nitrogen and oxygen atoms in total. The van der Waals surface area contributed by atoms with E-state index in [4.69, 9.17) is 16.3 Å². The van der Waals surface area contributed by atoms with E-state index in [9.17, 15) is 19.7 Å². The van der Waals surface area contributed by atoms with Gasteiger partial charge in [0.15, 0.2) is 6.10 Å². The molecule has 1 aliphatic heterocycles. The van der Waals surface area contributed by atoms with Crippen LogP contribution in [-0.2, 0) is 9.53 Å². The van der Waals surface area contributed by atoms with Gasteiger partial charge in [-0.1, -0.05) is 23.4 Å². The second-order valence-corrected chi connectivity index (χ2v) is 8.13. The lowest BCUT2D eigenvalue weighted by Crippen LogP contribution is -2.38. The number of halogens is 1. The summed E-state index contributed by atoms with van der Waals surface area (Å²) in [5.41, 5.74) is -0.184. The zero-order valence-electron chi connectivity index (χ0n) is 15.7. The van der Waals surface area contributed by atoms with Gasteiger partial charge in [-0.25, -0.2) is 4.79 Å². The van der Waals surface area contributed by atoms with Crippen LogP contribution in [0.5, 0.6) is 0 Å². The van der Waals surface area contributed by atoms with Crippen LogP contribution in [-0.4, -0.2) is 40.9 Å². The van der Waals surface area contributed by atoms with Crippen molar-refractivity contribution in [3.63, 3.8) is 0 Å². The van der Waals surface area contributed by atoms with Crippen LogP contribution in [0.1, 0.15) is 30.1 Å². The third-order valence-electron chi connectivity index (χ3n) is 4.48. The van der Waals surface area contributed by atoms with Crippen molar-refractivity contribution in [2.45, 2.75) is 35.7 Å². The minimum atomic E-state index is -0.942. The van der Waals surface area contributed by atoms with Gasteiger partial charge in [0.25, 0.3) is 11.6 Å². The average molecular weight is 435 g/mol. The van der Waals surface area contributed by atoms with E-state index in [1.165, 1.54) is 36.9 Å². The molecule has 3 rings (SSSR count). The van der Waals surface area contributed by atoms with Crippen LogP contribution in [0.25, 0.3) is 0 Å². The Morgan fingerprint density at radius 2 is 1.83 bits per heavy atom. The van der Waals surface area contributed by atoms with E-state index < -0.39 is 17.0 Å². The van der Waals surface area contributed by atoms with Gasteiger partial charge in [-0.2, -0.15) is 0 Å². The van der Waals surface area contributed by atoms with Crippen molar-refractivity contribution in [3.05, 3.63) is 63.2 Å². The first kappa shape index (κ1) is 21.1. The SMILES string of the molecule is CC(OC(=O)c1ccc(Sc2ccc(Cl)cc2)c([N+](=O)[O-])c1)C(=O)N1CCCC1. The second-order valence-electron chi connectivity index (χ2n) is 6.58. The van der Waals surface area contributed by atoms with Gasteiger partial charge in [-0.3, -0.25) is 14.9 Å². The van der Waals surface area contributed by atoms with Crippen LogP contribution in [0, 0.1) is 10.1 Å². The number of hydrogen-bond acceptors (Lipinski definition) is 6. The fourth-order valence-corrected chi connectivity index (χ4v) is 4.00. The molecule has 0 spiro atoms. The summed E-state index contributed by atoms with van der Waals surface area (Å²) in [6.45, 7) is 2.82. The number of amides is 1. The highest BCUT2D eigenvalue weighted by Gasteiger charge is 2.27. The highest BCUT2D eigenvalue weighted by atomic mass is 35.5. The molecular formula is C20H19ClN2O5S. The van der Waals surface area contributed by atoms with Crippen LogP contribution in [0.4, 0.5) is 5.69 Å². The lowest BCUT2D eigenvalue weighted by molar-refractivity contribution is -0.387. The van der Waals surface area contributed by atoms with Gasteiger partial charge in [0.1, 0.15) is 0 Å². The number of likely N-dealkylation sites (tertiary alicyclic amines) is 1. The zero-order chi connectivity index (χ0) is 21.0. The van der Waals surface area contributed by atoms with Gasteiger partial charge in [-0.15, -0.1) is 0 Å². The Morgan fingerprint density at radius 1 is 1.17 bits per heavy atom. The van der Waals surface area contributed by atoms with Crippen LogP contribution in [0.15, 0.2) is 52.3 Å². The summed E-state index contributed by atoms with van der Waals surface area (Å²) >= 11 is 7.06. The number of carbonyl (C=O) groups is 2. The largest absolute Gasteiger partial charge is 0.449 e. The number of ether oxygens (including phenoxy) is 1. The Hall–Kier alpha value is -2.58. The van der Waals surface area contributed by atoms with Crippen molar-refractivity contribution in [2.24, 2.45) is 0 Å². The van der Waals surface area contributed by atoms with Gasteiger partial charge < -0.3 is 9.64 Å². The van der Waals surface area contributed by atoms with Gasteiger partial charge in [0.05, 0.1) is 15.4 Å². The van der Waals surface area contributed by atoms with Crippen molar-refractivity contribution in [2.75, 3.05) is 13.1 Å². The van der Waals surface area contributed by atoms with E-state index in [1.807, 2.05) is 0 Å². The third-order valence-corrected chi connectivity index (χ3v) is 5.81. The minimum Gasteiger partial charge on any atom is -0.449 e. The van der Waals surface area contributed by atoms with E-state index >= 15 is 0 Å². The Morgan fingerprint density at radius 3 is 2.45 bits per heavy atom. The molecular weight excluding hydrogens is 416 g/mol.